The molecule has 0 saturated carbocycles. The van der Waals surface area contributed by atoms with Gasteiger partial charge >= 0.3 is 6.03 Å². The topological polar surface area (TPSA) is 75.2 Å². The first kappa shape index (κ1) is 12.6. The Morgan fingerprint density at radius 2 is 2.06 bits per heavy atom. The normalized spacial score (nSPS) is 9.94. The number of rotatable bonds is 4. The van der Waals surface area contributed by atoms with Crippen molar-refractivity contribution in [2.75, 3.05) is 19.4 Å². The van der Waals surface area contributed by atoms with Crippen molar-refractivity contribution in [2.24, 2.45) is 0 Å². The maximum absolute atomic E-state index is 11.3. The summed E-state index contributed by atoms with van der Waals surface area (Å²) in [6, 6.07) is -0.260. The molecule has 1 heterocycles. The van der Waals surface area contributed by atoms with E-state index >= 15 is 0 Å². The minimum Gasteiger partial charge on any atom is -0.331 e. The van der Waals surface area contributed by atoms with Gasteiger partial charge in [-0.05, 0) is 0 Å². The molecule has 1 aromatic heterocycles. The summed E-state index contributed by atoms with van der Waals surface area (Å²) in [5.41, 5.74) is 0. The number of ketones is 1. The lowest BCUT2D eigenvalue weighted by molar-refractivity contribution is -0.118. The van der Waals surface area contributed by atoms with E-state index in [1.165, 1.54) is 16.2 Å². The van der Waals surface area contributed by atoms with Crippen molar-refractivity contribution in [3.8, 4) is 0 Å². The molecule has 0 radical (unpaired) electrons. The van der Waals surface area contributed by atoms with Gasteiger partial charge in [0, 0.05) is 20.5 Å². The molecule has 0 saturated heterocycles. The van der Waals surface area contributed by atoms with Gasteiger partial charge in [0.2, 0.25) is 5.13 Å². The van der Waals surface area contributed by atoms with Crippen LogP contribution in [0.5, 0.6) is 0 Å². The third kappa shape index (κ3) is 3.58. The summed E-state index contributed by atoms with van der Waals surface area (Å²) in [4.78, 5) is 23.9. The van der Waals surface area contributed by atoms with Crippen molar-refractivity contribution in [1.82, 2.24) is 15.1 Å². The van der Waals surface area contributed by atoms with Crippen molar-refractivity contribution < 1.29 is 9.59 Å². The average molecular weight is 242 g/mol. The standard InChI is InChI=1S/C9H14N4O2S/c1-4-6(14)5-7-11-12-8(16-7)10-9(15)13(2)3/h4-5H2,1-3H3,(H,10,12,15). The molecule has 7 heteroatoms. The summed E-state index contributed by atoms with van der Waals surface area (Å²) in [5, 5.41) is 11.2. The molecule has 0 aliphatic rings. The maximum Gasteiger partial charge on any atom is 0.323 e. The predicted molar refractivity (Wildman–Crippen MR) is 61.6 cm³/mol. The molecule has 1 rings (SSSR count). The van der Waals surface area contributed by atoms with E-state index in [-0.39, 0.29) is 18.2 Å². The van der Waals surface area contributed by atoms with Crippen LogP contribution in [0.25, 0.3) is 0 Å². The first-order valence-electron chi connectivity index (χ1n) is 4.85. The van der Waals surface area contributed by atoms with Gasteiger partial charge in [0.1, 0.15) is 10.8 Å². The Kier molecular flexibility index (Phi) is 4.36. The van der Waals surface area contributed by atoms with Crippen LogP contribution in [-0.4, -0.2) is 41.0 Å². The Morgan fingerprint density at radius 1 is 1.38 bits per heavy atom. The van der Waals surface area contributed by atoms with E-state index in [1.807, 2.05) is 0 Å². The summed E-state index contributed by atoms with van der Waals surface area (Å²) in [7, 11) is 3.27. The molecule has 0 spiro atoms. The molecule has 88 valence electrons. The SMILES string of the molecule is CCC(=O)Cc1nnc(NC(=O)N(C)C)s1. The molecule has 1 N–H and O–H groups in total. The number of amides is 2. The highest BCUT2D eigenvalue weighted by Crippen LogP contribution is 2.16. The molecule has 0 atom stereocenters. The molecule has 2 amide bonds. The zero-order valence-electron chi connectivity index (χ0n) is 9.48. The molecule has 16 heavy (non-hydrogen) atoms. The fourth-order valence-corrected chi connectivity index (χ4v) is 1.63. The van der Waals surface area contributed by atoms with Gasteiger partial charge < -0.3 is 4.90 Å². The van der Waals surface area contributed by atoms with Crippen LogP contribution in [0.15, 0.2) is 0 Å². The second-order valence-electron chi connectivity index (χ2n) is 3.39. The summed E-state index contributed by atoms with van der Waals surface area (Å²) in [5.74, 6) is 0.113. The van der Waals surface area contributed by atoms with Gasteiger partial charge in [-0.1, -0.05) is 18.3 Å². The first-order valence-corrected chi connectivity index (χ1v) is 5.67. The van der Waals surface area contributed by atoms with E-state index in [1.54, 1.807) is 21.0 Å². The zero-order valence-corrected chi connectivity index (χ0v) is 10.3. The monoisotopic (exact) mass is 242 g/mol. The molecule has 0 unspecified atom stereocenters. The molecular weight excluding hydrogens is 228 g/mol. The molecule has 0 aromatic carbocycles. The highest BCUT2D eigenvalue weighted by molar-refractivity contribution is 7.15. The summed E-state index contributed by atoms with van der Waals surface area (Å²) >= 11 is 1.22. The molecule has 0 bridgehead atoms. The quantitative estimate of drug-likeness (QED) is 0.859. The van der Waals surface area contributed by atoms with E-state index < -0.39 is 0 Å². The highest BCUT2D eigenvalue weighted by atomic mass is 32.1. The Bertz CT molecular complexity index is 389. The number of aromatic nitrogens is 2. The number of hydrogen-bond donors (Lipinski definition) is 1. The lowest BCUT2D eigenvalue weighted by atomic mass is 10.2. The van der Waals surface area contributed by atoms with Crippen LogP contribution in [0.1, 0.15) is 18.4 Å². The highest BCUT2D eigenvalue weighted by Gasteiger charge is 2.11. The largest absolute Gasteiger partial charge is 0.331 e. The maximum atomic E-state index is 11.3. The summed E-state index contributed by atoms with van der Waals surface area (Å²) < 4.78 is 0. The second kappa shape index (κ2) is 5.55. The zero-order chi connectivity index (χ0) is 12.1. The number of Topliss-reactive ketones (excluding diaryl/α,β-unsaturated/α-hetero) is 1. The van der Waals surface area contributed by atoms with Crippen LogP contribution in [0.2, 0.25) is 0 Å². The van der Waals surface area contributed by atoms with E-state index in [0.29, 0.717) is 16.6 Å². The minimum absolute atomic E-state index is 0.113. The minimum atomic E-state index is -0.260. The Labute approximate surface area is 97.7 Å². The number of carbonyl (C=O) groups is 2. The van der Waals surface area contributed by atoms with Crippen molar-refractivity contribution in [3.63, 3.8) is 0 Å². The lowest BCUT2D eigenvalue weighted by Gasteiger charge is -2.08. The number of urea groups is 1. The van der Waals surface area contributed by atoms with Crippen molar-refractivity contribution in [2.45, 2.75) is 19.8 Å². The average Bonchev–Trinajstić information content (AvgIpc) is 2.65. The molecule has 0 aliphatic carbocycles. The number of carbonyl (C=O) groups excluding carboxylic acids is 2. The molecule has 0 aliphatic heterocycles. The van der Waals surface area contributed by atoms with Crippen LogP contribution in [0.4, 0.5) is 9.93 Å². The number of anilines is 1. The number of nitrogens with zero attached hydrogens (tertiary/aromatic N) is 3. The predicted octanol–water partition coefficient (Wildman–Crippen LogP) is 1.15. The third-order valence-corrected chi connectivity index (χ3v) is 2.67. The Morgan fingerprint density at radius 3 is 2.62 bits per heavy atom. The van der Waals surface area contributed by atoms with Gasteiger partial charge in [-0.2, -0.15) is 0 Å². The fourth-order valence-electron chi connectivity index (χ4n) is 0.873. The molecular formula is C9H14N4O2S. The Hall–Kier alpha value is -1.50. The van der Waals surface area contributed by atoms with E-state index in [4.69, 9.17) is 0 Å². The van der Waals surface area contributed by atoms with Gasteiger partial charge in [0.25, 0.3) is 0 Å². The van der Waals surface area contributed by atoms with Gasteiger partial charge in [0.05, 0.1) is 6.42 Å². The van der Waals surface area contributed by atoms with E-state index in [9.17, 15) is 9.59 Å². The smallest absolute Gasteiger partial charge is 0.323 e. The van der Waals surface area contributed by atoms with Crippen LogP contribution >= 0.6 is 11.3 Å². The van der Waals surface area contributed by atoms with Crippen LogP contribution in [0, 0.1) is 0 Å². The third-order valence-electron chi connectivity index (χ3n) is 1.83. The van der Waals surface area contributed by atoms with Crippen LogP contribution in [0.3, 0.4) is 0 Å². The molecule has 0 fully saturated rings. The van der Waals surface area contributed by atoms with E-state index in [2.05, 4.69) is 15.5 Å². The fraction of sp³-hybridized carbons (Fsp3) is 0.556. The number of hydrogen-bond acceptors (Lipinski definition) is 5. The second-order valence-corrected chi connectivity index (χ2v) is 4.46. The summed E-state index contributed by atoms with van der Waals surface area (Å²) in [6.07, 6.45) is 0.769. The number of nitrogens with one attached hydrogen (secondary N) is 1. The van der Waals surface area contributed by atoms with E-state index in [0.717, 1.165) is 0 Å². The van der Waals surface area contributed by atoms with Gasteiger partial charge in [-0.25, -0.2) is 4.79 Å². The lowest BCUT2D eigenvalue weighted by Crippen LogP contribution is -2.27. The van der Waals surface area contributed by atoms with Crippen molar-refractivity contribution in [3.05, 3.63) is 5.01 Å². The van der Waals surface area contributed by atoms with Crippen molar-refractivity contribution in [1.29, 1.82) is 0 Å². The molecule has 1 aromatic rings. The van der Waals surface area contributed by atoms with Crippen LogP contribution < -0.4 is 5.32 Å². The van der Waals surface area contributed by atoms with Gasteiger partial charge in [-0.15, -0.1) is 10.2 Å². The van der Waals surface area contributed by atoms with Gasteiger partial charge in [0.15, 0.2) is 0 Å². The summed E-state index contributed by atoms with van der Waals surface area (Å²) in [6.45, 7) is 1.80. The Balaban J connectivity index is 2.58. The van der Waals surface area contributed by atoms with Gasteiger partial charge in [-0.3, -0.25) is 10.1 Å². The molecule has 6 nitrogen and oxygen atoms in total. The van der Waals surface area contributed by atoms with Crippen molar-refractivity contribution >= 4 is 28.3 Å². The van der Waals surface area contributed by atoms with Crippen LogP contribution in [-0.2, 0) is 11.2 Å². The first-order chi connectivity index (χ1) is 7.52.